The number of rotatable bonds is 3. The Bertz CT molecular complexity index is 601. The predicted octanol–water partition coefficient (Wildman–Crippen LogP) is 4.07. The van der Waals surface area contributed by atoms with Crippen molar-refractivity contribution in [2.45, 2.75) is 6.04 Å². The first-order chi connectivity index (χ1) is 9.02. The smallest absolute Gasteiger partial charge is 0.161 e. The first-order valence-corrected chi connectivity index (χ1v) is 5.98. The van der Waals surface area contributed by atoms with Crippen LogP contribution < -0.4 is 5.32 Å². The molecule has 0 amide bonds. The molecule has 1 unspecified atom stereocenters. The molecule has 100 valence electrons. The molecule has 0 aromatic heterocycles. The summed E-state index contributed by atoms with van der Waals surface area (Å²) in [6, 6.07) is 7.55. The third-order valence-corrected chi connectivity index (χ3v) is 3.06. The second-order valence-corrected chi connectivity index (χ2v) is 4.50. The van der Waals surface area contributed by atoms with E-state index in [9.17, 15) is 13.2 Å². The van der Waals surface area contributed by atoms with Crippen LogP contribution in [0.3, 0.4) is 0 Å². The lowest BCUT2D eigenvalue weighted by atomic mass is 9.98. The van der Waals surface area contributed by atoms with Crippen molar-refractivity contribution in [3.05, 3.63) is 70.0 Å². The van der Waals surface area contributed by atoms with Gasteiger partial charge in [0.05, 0.1) is 6.04 Å². The predicted molar refractivity (Wildman–Crippen MR) is 68.7 cm³/mol. The van der Waals surface area contributed by atoms with Gasteiger partial charge in [-0.3, -0.25) is 0 Å². The second-order valence-electron chi connectivity index (χ2n) is 4.06. The summed E-state index contributed by atoms with van der Waals surface area (Å²) in [5, 5.41) is 3.35. The van der Waals surface area contributed by atoms with Gasteiger partial charge >= 0.3 is 0 Å². The Morgan fingerprint density at radius 3 is 2.32 bits per heavy atom. The fourth-order valence-corrected chi connectivity index (χ4v) is 2.15. The molecule has 1 N–H and O–H groups in total. The number of benzene rings is 2. The van der Waals surface area contributed by atoms with E-state index < -0.39 is 23.5 Å². The Morgan fingerprint density at radius 2 is 1.68 bits per heavy atom. The van der Waals surface area contributed by atoms with Gasteiger partial charge in [-0.15, -0.1) is 0 Å². The van der Waals surface area contributed by atoms with E-state index in [2.05, 4.69) is 5.32 Å². The monoisotopic (exact) mass is 285 g/mol. The number of hydrogen-bond donors (Lipinski definition) is 1. The van der Waals surface area contributed by atoms with Gasteiger partial charge in [0.25, 0.3) is 0 Å². The van der Waals surface area contributed by atoms with E-state index in [1.54, 1.807) is 31.3 Å². The van der Waals surface area contributed by atoms with Crippen LogP contribution >= 0.6 is 11.6 Å². The summed E-state index contributed by atoms with van der Waals surface area (Å²) < 4.78 is 40.0. The van der Waals surface area contributed by atoms with E-state index in [4.69, 9.17) is 11.6 Å². The Balaban J connectivity index is 2.51. The third-order valence-electron chi connectivity index (χ3n) is 2.82. The maximum atomic E-state index is 13.8. The first kappa shape index (κ1) is 13.9. The molecule has 0 aliphatic carbocycles. The Morgan fingerprint density at radius 1 is 1.00 bits per heavy atom. The minimum absolute atomic E-state index is 0.0312. The molecular formula is C14H11ClF3N. The molecule has 0 spiro atoms. The fourth-order valence-electron chi connectivity index (χ4n) is 1.95. The summed E-state index contributed by atoms with van der Waals surface area (Å²) >= 11 is 5.87. The average Bonchev–Trinajstić information content (AvgIpc) is 2.36. The molecule has 0 aliphatic heterocycles. The standard InChI is InChI=1S/C14H11ClF3N/c1-19-14(8-3-2-4-9(15)5-8)10-6-12(17)13(18)7-11(10)16/h2-7,14,19H,1H3. The summed E-state index contributed by atoms with van der Waals surface area (Å²) in [4.78, 5) is 0. The SMILES string of the molecule is CNC(c1cccc(Cl)c1)c1cc(F)c(F)cc1F. The lowest BCUT2D eigenvalue weighted by Gasteiger charge is -2.18. The lowest BCUT2D eigenvalue weighted by molar-refractivity contribution is 0.483. The molecule has 0 saturated heterocycles. The number of hydrogen-bond acceptors (Lipinski definition) is 1. The Hall–Kier alpha value is -1.52. The zero-order valence-corrected chi connectivity index (χ0v) is 10.8. The van der Waals surface area contributed by atoms with Crippen LogP contribution in [-0.4, -0.2) is 7.05 Å². The average molecular weight is 286 g/mol. The van der Waals surface area contributed by atoms with Crippen molar-refractivity contribution in [3.8, 4) is 0 Å². The Kier molecular flexibility index (Phi) is 4.12. The van der Waals surface area contributed by atoms with Crippen LogP contribution in [0.5, 0.6) is 0 Å². The highest BCUT2D eigenvalue weighted by Crippen LogP contribution is 2.27. The summed E-state index contributed by atoms with van der Waals surface area (Å²) in [5.74, 6) is -3.10. The van der Waals surface area contributed by atoms with E-state index in [1.165, 1.54) is 0 Å². The fraction of sp³-hybridized carbons (Fsp3) is 0.143. The van der Waals surface area contributed by atoms with Gasteiger partial charge in [0.2, 0.25) is 0 Å². The zero-order valence-electron chi connectivity index (χ0n) is 10.1. The van der Waals surface area contributed by atoms with Crippen molar-refractivity contribution in [3.63, 3.8) is 0 Å². The van der Waals surface area contributed by atoms with Crippen molar-refractivity contribution in [2.24, 2.45) is 0 Å². The van der Waals surface area contributed by atoms with Gasteiger partial charge in [0, 0.05) is 16.7 Å². The highest BCUT2D eigenvalue weighted by atomic mass is 35.5. The van der Waals surface area contributed by atoms with Crippen LogP contribution in [0.15, 0.2) is 36.4 Å². The molecule has 0 saturated carbocycles. The Labute approximate surface area is 114 Å². The van der Waals surface area contributed by atoms with E-state index in [0.717, 1.165) is 6.07 Å². The minimum Gasteiger partial charge on any atom is -0.309 e. The maximum absolute atomic E-state index is 13.8. The van der Waals surface area contributed by atoms with Gasteiger partial charge in [-0.05, 0) is 30.8 Å². The third kappa shape index (κ3) is 2.91. The maximum Gasteiger partial charge on any atom is 0.161 e. The van der Waals surface area contributed by atoms with Crippen molar-refractivity contribution >= 4 is 11.6 Å². The number of halogens is 4. The van der Waals surface area contributed by atoms with E-state index in [-0.39, 0.29) is 5.56 Å². The normalized spacial score (nSPS) is 12.5. The van der Waals surface area contributed by atoms with Gasteiger partial charge < -0.3 is 5.32 Å². The molecule has 0 aliphatic rings. The molecule has 0 radical (unpaired) electrons. The van der Waals surface area contributed by atoms with Gasteiger partial charge in [0.15, 0.2) is 11.6 Å². The lowest BCUT2D eigenvalue weighted by Crippen LogP contribution is -2.19. The summed E-state index contributed by atoms with van der Waals surface area (Å²) in [5.41, 5.74) is 0.698. The van der Waals surface area contributed by atoms with Crippen LogP contribution in [0.1, 0.15) is 17.2 Å². The van der Waals surface area contributed by atoms with Crippen molar-refractivity contribution in [1.29, 1.82) is 0 Å². The molecule has 5 heteroatoms. The van der Waals surface area contributed by atoms with Crippen LogP contribution in [0.4, 0.5) is 13.2 Å². The first-order valence-electron chi connectivity index (χ1n) is 5.60. The summed E-state index contributed by atoms with van der Waals surface area (Å²) in [6.07, 6.45) is 0. The highest BCUT2D eigenvalue weighted by molar-refractivity contribution is 6.30. The summed E-state index contributed by atoms with van der Waals surface area (Å²) in [6.45, 7) is 0. The van der Waals surface area contributed by atoms with Crippen molar-refractivity contribution in [2.75, 3.05) is 7.05 Å². The molecule has 2 aromatic carbocycles. The van der Waals surface area contributed by atoms with Gasteiger partial charge in [-0.2, -0.15) is 0 Å². The quantitative estimate of drug-likeness (QED) is 0.839. The molecule has 0 bridgehead atoms. The molecule has 0 heterocycles. The van der Waals surface area contributed by atoms with E-state index >= 15 is 0 Å². The van der Waals surface area contributed by atoms with Crippen LogP contribution in [0.25, 0.3) is 0 Å². The highest BCUT2D eigenvalue weighted by Gasteiger charge is 2.19. The molecule has 1 nitrogen and oxygen atoms in total. The van der Waals surface area contributed by atoms with Crippen LogP contribution in [-0.2, 0) is 0 Å². The van der Waals surface area contributed by atoms with E-state index in [0.29, 0.717) is 16.7 Å². The van der Waals surface area contributed by atoms with Gasteiger partial charge in [0.1, 0.15) is 5.82 Å². The molecular weight excluding hydrogens is 275 g/mol. The molecule has 2 aromatic rings. The molecule has 1 atom stereocenters. The van der Waals surface area contributed by atoms with Crippen molar-refractivity contribution < 1.29 is 13.2 Å². The van der Waals surface area contributed by atoms with Gasteiger partial charge in [-0.25, -0.2) is 13.2 Å². The summed E-state index contributed by atoms with van der Waals surface area (Å²) in [7, 11) is 1.60. The second kappa shape index (κ2) is 5.63. The minimum atomic E-state index is -1.21. The molecule has 19 heavy (non-hydrogen) atoms. The topological polar surface area (TPSA) is 12.0 Å². The van der Waals surface area contributed by atoms with Crippen molar-refractivity contribution in [1.82, 2.24) is 5.32 Å². The van der Waals surface area contributed by atoms with Gasteiger partial charge in [-0.1, -0.05) is 23.7 Å². The van der Waals surface area contributed by atoms with Crippen LogP contribution in [0, 0.1) is 17.5 Å². The number of nitrogens with one attached hydrogen (secondary N) is 1. The zero-order chi connectivity index (χ0) is 14.0. The van der Waals surface area contributed by atoms with E-state index in [1.807, 2.05) is 0 Å². The molecule has 2 rings (SSSR count). The largest absolute Gasteiger partial charge is 0.309 e. The van der Waals surface area contributed by atoms with Crippen LogP contribution in [0.2, 0.25) is 5.02 Å². The molecule has 0 fully saturated rings.